The summed E-state index contributed by atoms with van der Waals surface area (Å²) in [6, 6.07) is 12.2. The molecule has 7 heteroatoms. The molecule has 144 valence electrons. The molecule has 1 aliphatic heterocycles. The number of nitrogens with one attached hydrogen (secondary N) is 1. The summed E-state index contributed by atoms with van der Waals surface area (Å²) < 4.78 is 11.2. The fourth-order valence-electron chi connectivity index (χ4n) is 3.43. The Kier molecular flexibility index (Phi) is 5.08. The number of benzene rings is 1. The Balaban J connectivity index is 1.51. The monoisotopic (exact) mass is 378 g/mol. The van der Waals surface area contributed by atoms with Gasteiger partial charge in [0.1, 0.15) is 12.3 Å². The molecular formula is C21H24N5O2+. The number of H-pyrrole nitrogens is 1. The molecule has 1 atom stereocenters. The standard InChI is InChI=1S/C21H24N5O2/c1-16-11-20(28-25-16)14-26(10-4-9-22-15-26)21-13-18(23-24-21)8-7-17-5-3-6-19(12-17)27-2/h3-6,9,11-13,15H,7-8,10,14H2,1-2H3,(H,23,24)/q+1. The number of ether oxygens (including phenoxy) is 1. The summed E-state index contributed by atoms with van der Waals surface area (Å²) in [5.74, 6) is 2.62. The first-order valence-corrected chi connectivity index (χ1v) is 9.33. The topological polar surface area (TPSA) is 76.3 Å². The van der Waals surface area contributed by atoms with Gasteiger partial charge in [-0.3, -0.25) is 5.10 Å². The first-order valence-electron chi connectivity index (χ1n) is 9.33. The number of rotatable bonds is 7. The molecule has 2 aromatic heterocycles. The fraction of sp³-hybridized carbons (Fsp3) is 0.286. The average molecular weight is 378 g/mol. The van der Waals surface area contributed by atoms with E-state index in [0.29, 0.717) is 11.0 Å². The molecule has 0 bridgehead atoms. The summed E-state index contributed by atoms with van der Waals surface area (Å²) in [5.41, 5.74) is 3.20. The van der Waals surface area contributed by atoms with Gasteiger partial charge >= 0.3 is 0 Å². The zero-order valence-corrected chi connectivity index (χ0v) is 16.1. The quantitative estimate of drug-likeness (QED) is 0.638. The summed E-state index contributed by atoms with van der Waals surface area (Å²) in [5, 5.41) is 11.8. The van der Waals surface area contributed by atoms with Crippen LogP contribution in [0.3, 0.4) is 0 Å². The van der Waals surface area contributed by atoms with Crippen molar-refractivity contribution in [2.75, 3.05) is 13.7 Å². The van der Waals surface area contributed by atoms with E-state index in [1.54, 1.807) is 7.11 Å². The molecule has 1 N–H and O–H groups in total. The van der Waals surface area contributed by atoms with Crippen molar-refractivity contribution in [2.45, 2.75) is 26.3 Å². The van der Waals surface area contributed by atoms with Crippen molar-refractivity contribution in [3.05, 3.63) is 71.4 Å². The third-order valence-corrected chi connectivity index (χ3v) is 4.92. The number of methoxy groups -OCH3 is 1. The Labute approximate surface area is 163 Å². The first-order chi connectivity index (χ1) is 13.7. The lowest BCUT2D eigenvalue weighted by atomic mass is 10.1. The van der Waals surface area contributed by atoms with Gasteiger partial charge in [0.2, 0.25) is 0 Å². The summed E-state index contributed by atoms with van der Waals surface area (Å²) in [7, 11) is 1.69. The highest BCUT2D eigenvalue weighted by Gasteiger charge is 2.34. The van der Waals surface area contributed by atoms with Crippen LogP contribution >= 0.6 is 0 Å². The SMILES string of the molecule is COc1cccc(CCc2cc([N+]3(Cc4cc(C)no4)C=NC=CC3)n[nH]2)c1. The van der Waals surface area contributed by atoms with Crippen molar-refractivity contribution in [2.24, 2.45) is 4.99 Å². The molecular weight excluding hydrogens is 354 g/mol. The van der Waals surface area contributed by atoms with E-state index in [9.17, 15) is 0 Å². The number of aromatic nitrogens is 3. The maximum atomic E-state index is 5.45. The molecule has 0 aliphatic carbocycles. The first kappa shape index (κ1) is 18.2. The molecule has 7 nitrogen and oxygen atoms in total. The molecule has 1 aromatic carbocycles. The van der Waals surface area contributed by atoms with E-state index in [2.05, 4.69) is 38.5 Å². The van der Waals surface area contributed by atoms with Crippen molar-refractivity contribution in [3.63, 3.8) is 0 Å². The van der Waals surface area contributed by atoms with Gasteiger partial charge < -0.3 is 9.26 Å². The van der Waals surface area contributed by atoms with E-state index < -0.39 is 0 Å². The van der Waals surface area contributed by atoms with Gasteiger partial charge in [0.25, 0.3) is 5.82 Å². The van der Waals surface area contributed by atoms with Crippen LogP contribution in [0.2, 0.25) is 0 Å². The fourth-order valence-corrected chi connectivity index (χ4v) is 3.43. The Morgan fingerprint density at radius 3 is 2.89 bits per heavy atom. The van der Waals surface area contributed by atoms with Crippen LogP contribution in [0, 0.1) is 6.92 Å². The number of aryl methyl sites for hydroxylation is 3. The largest absolute Gasteiger partial charge is 0.497 e. The highest BCUT2D eigenvalue weighted by Crippen LogP contribution is 2.26. The van der Waals surface area contributed by atoms with E-state index in [1.807, 2.05) is 43.7 Å². The third-order valence-electron chi connectivity index (χ3n) is 4.92. The van der Waals surface area contributed by atoms with Gasteiger partial charge in [0.15, 0.2) is 18.6 Å². The summed E-state index contributed by atoms with van der Waals surface area (Å²) in [4.78, 5) is 4.37. The minimum Gasteiger partial charge on any atom is -0.497 e. The van der Waals surface area contributed by atoms with Crippen molar-refractivity contribution in [1.82, 2.24) is 19.8 Å². The number of nitrogens with zero attached hydrogens (tertiary/aromatic N) is 4. The average Bonchev–Trinajstić information content (AvgIpc) is 3.36. The molecule has 3 heterocycles. The lowest BCUT2D eigenvalue weighted by molar-refractivity contribution is 0.327. The molecule has 0 fully saturated rings. The number of aliphatic imine (C=N–C) groups is 1. The highest BCUT2D eigenvalue weighted by atomic mass is 16.5. The van der Waals surface area contributed by atoms with E-state index in [0.717, 1.165) is 48.1 Å². The molecule has 4 rings (SSSR count). The van der Waals surface area contributed by atoms with E-state index in [-0.39, 0.29) is 0 Å². The summed E-state index contributed by atoms with van der Waals surface area (Å²) >= 11 is 0. The Bertz CT molecular complexity index is 1000. The van der Waals surface area contributed by atoms with Crippen molar-refractivity contribution < 1.29 is 9.26 Å². The Morgan fingerprint density at radius 2 is 2.14 bits per heavy atom. The van der Waals surface area contributed by atoms with Gasteiger partial charge in [-0.1, -0.05) is 17.3 Å². The number of hydrogen-bond donors (Lipinski definition) is 1. The van der Waals surface area contributed by atoms with Crippen LogP contribution in [-0.2, 0) is 19.4 Å². The molecule has 3 aromatic rings. The maximum Gasteiger partial charge on any atom is 0.252 e. The highest BCUT2D eigenvalue weighted by molar-refractivity contribution is 5.73. The van der Waals surface area contributed by atoms with Crippen LogP contribution in [0.25, 0.3) is 0 Å². The lowest BCUT2D eigenvalue weighted by Crippen LogP contribution is -2.48. The van der Waals surface area contributed by atoms with Gasteiger partial charge in [-0.15, -0.1) is 5.10 Å². The van der Waals surface area contributed by atoms with E-state index in [1.165, 1.54) is 5.56 Å². The van der Waals surface area contributed by atoms with E-state index in [4.69, 9.17) is 9.26 Å². The van der Waals surface area contributed by atoms with Crippen LogP contribution in [0.1, 0.15) is 22.7 Å². The summed E-state index contributed by atoms with van der Waals surface area (Å²) in [6.45, 7) is 3.31. The molecule has 1 unspecified atom stereocenters. The third kappa shape index (κ3) is 3.89. The molecule has 0 saturated carbocycles. The molecule has 0 radical (unpaired) electrons. The molecule has 1 aliphatic rings. The number of quaternary nitrogens is 1. The lowest BCUT2D eigenvalue weighted by Gasteiger charge is -2.29. The van der Waals surface area contributed by atoms with Crippen LogP contribution in [0.15, 0.2) is 58.2 Å². The normalized spacial score (nSPS) is 18.5. The number of hydrogen-bond acceptors (Lipinski definition) is 5. The second-order valence-electron chi connectivity index (χ2n) is 7.06. The zero-order chi connectivity index (χ0) is 19.4. The van der Waals surface area contributed by atoms with Gasteiger partial charge in [-0.2, -0.15) is 0 Å². The summed E-state index contributed by atoms with van der Waals surface area (Å²) in [6.07, 6.45) is 7.56. The van der Waals surface area contributed by atoms with Crippen molar-refractivity contribution in [1.29, 1.82) is 0 Å². The van der Waals surface area contributed by atoms with Gasteiger partial charge in [0, 0.05) is 24.0 Å². The smallest absolute Gasteiger partial charge is 0.252 e. The van der Waals surface area contributed by atoms with Gasteiger partial charge in [0.05, 0.1) is 12.8 Å². The second kappa shape index (κ2) is 7.82. The Morgan fingerprint density at radius 1 is 1.21 bits per heavy atom. The van der Waals surface area contributed by atoms with Gasteiger partial charge in [-0.05, 0) is 43.5 Å². The zero-order valence-electron chi connectivity index (χ0n) is 16.1. The minimum absolute atomic E-state index is 0.473. The van der Waals surface area contributed by atoms with Crippen LogP contribution in [0.4, 0.5) is 5.82 Å². The maximum absolute atomic E-state index is 5.45. The molecule has 0 amide bonds. The molecule has 28 heavy (non-hydrogen) atoms. The molecule has 0 saturated heterocycles. The van der Waals surface area contributed by atoms with Crippen molar-refractivity contribution >= 4 is 12.2 Å². The molecule has 0 spiro atoms. The number of aromatic amines is 1. The van der Waals surface area contributed by atoms with Crippen LogP contribution in [-0.4, -0.2) is 35.3 Å². The van der Waals surface area contributed by atoms with Crippen molar-refractivity contribution in [3.8, 4) is 5.75 Å². The Hall–Kier alpha value is -3.19. The van der Waals surface area contributed by atoms with Crippen LogP contribution in [0.5, 0.6) is 5.75 Å². The van der Waals surface area contributed by atoms with Gasteiger partial charge in [-0.25, -0.2) is 9.48 Å². The minimum atomic E-state index is 0.473. The van der Waals surface area contributed by atoms with E-state index >= 15 is 0 Å². The predicted molar refractivity (Wildman–Crippen MR) is 108 cm³/mol. The second-order valence-corrected chi connectivity index (χ2v) is 7.06. The predicted octanol–water partition coefficient (Wildman–Crippen LogP) is 3.56. The van der Waals surface area contributed by atoms with Crippen LogP contribution < -0.4 is 9.22 Å².